The van der Waals surface area contributed by atoms with Gasteiger partial charge in [-0.15, -0.1) is 0 Å². The fraction of sp³-hybridized carbons (Fsp3) is 0.333. The number of hydrogen-bond acceptors (Lipinski definition) is 4. The average Bonchev–Trinajstić information content (AvgIpc) is 3.17. The van der Waals surface area contributed by atoms with Crippen LogP contribution in [0.15, 0.2) is 36.4 Å². The van der Waals surface area contributed by atoms with Crippen LogP contribution in [0.2, 0.25) is 0 Å². The Kier molecular flexibility index (Phi) is 3.86. The van der Waals surface area contributed by atoms with E-state index in [2.05, 4.69) is 0 Å². The van der Waals surface area contributed by atoms with E-state index < -0.39 is 17.7 Å². The van der Waals surface area contributed by atoms with Crippen LogP contribution in [-0.2, 0) is 6.54 Å². The quantitative estimate of drug-likeness (QED) is 0.938. The monoisotopic (exact) mass is 333 g/mol. The van der Waals surface area contributed by atoms with Crippen molar-refractivity contribution in [2.24, 2.45) is 0 Å². The van der Waals surface area contributed by atoms with Gasteiger partial charge >= 0.3 is 0 Å². The van der Waals surface area contributed by atoms with Crippen molar-refractivity contribution in [3.63, 3.8) is 0 Å². The summed E-state index contributed by atoms with van der Waals surface area (Å²) in [7, 11) is 0. The first kappa shape index (κ1) is 15.4. The van der Waals surface area contributed by atoms with E-state index in [1.165, 1.54) is 6.07 Å². The molecule has 0 bridgehead atoms. The van der Waals surface area contributed by atoms with Crippen LogP contribution in [0, 0.1) is 11.6 Å². The van der Waals surface area contributed by atoms with Gasteiger partial charge < -0.3 is 14.6 Å². The van der Waals surface area contributed by atoms with Gasteiger partial charge in [-0.05, 0) is 30.7 Å². The van der Waals surface area contributed by atoms with Crippen molar-refractivity contribution >= 4 is 0 Å². The Hall–Kier alpha value is -2.18. The number of benzene rings is 2. The fourth-order valence-corrected chi connectivity index (χ4v) is 3.48. The molecule has 1 fully saturated rings. The number of aliphatic hydroxyl groups excluding tert-OH is 1. The third-order valence-electron chi connectivity index (χ3n) is 4.55. The summed E-state index contributed by atoms with van der Waals surface area (Å²) in [6, 6.07) is 8.67. The van der Waals surface area contributed by atoms with Gasteiger partial charge in [0.2, 0.25) is 6.79 Å². The molecule has 0 aliphatic carbocycles. The third-order valence-corrected chi connectivity index (χ3v) is 4.55. The smallest absolute Gasteiger partial charge is 0.231 e. The first-order valence-corrected chi connectivity index (χ1v) is 7.86. The van der Waals surface area contributed by atoms with E-state index in [-0.39, 0.29) is 18.4 Å². The van der Waals surface area contributed by atoms with Crippen LogP contribution >= 0.6 is 0 Å². The molecular weight excluding hydrogens is 316 g/mol. The lowest BCUT2D eigenvalue weighted by Crippen LogP contribution is -2.25. The Bertz CT molecular complexity index is 768. The summed E-state index contributed by atoms with van der Waals surface area (Å²) in [5.74, 6) is 0.418. The molecule has 24 heavy (non-hydrogen) atoms. The Balaban J connectivity index is 1.64. The number of nitrogens with zero attached hydrogens (tertiary/aromatic N) is 1. The molecule has 0 spiro atoms. The van der Waals surface area contributed by atoms with Crippen molar-refractivity contribution in [1.29, 1.82) is 0 Å². The second-order valence-electron chi connectivity index (χ2n) is 6.15. The number of fused-ring (bicyclic) bond motifs is 1. The van der Waals surface area contributed by atoms with Crippen LogP contribution in [0.3, 0.4) is 0 Å². The molecule has 6 heteroatoms. The summed E-state index contributed by atoms with van der Waals surface area (Å²) in [5, 5.41) is 10.0. The van der Waals surface area contributed by atoms with Crippen molar-refractivity contribution < 1.29 is 23.4 Å². The topological polar surface area (TPSA) is 41.9 Å². The summed E-state index contributed by atoms with van der Waals surface area (Å²) < 4.78 is 38.6. The average molecular weight is 333 g/mol. The van der Waals surface area contributed by atoms with Gasteiger partial charge in [-0.25, -0.2) is 8.78 Å². The van der Waals surface area contributed by atoms with Crippen molar-refractivity contribution in [3.8, 4) is 11.5 Å². The number of halogens is 2. The molecule has 4 rings (SSSR count). The molecule has 2 aliphatic rings. The molecule has 4 nitrogen and oxygen atoms in total. The lowest BCUT2D eigenvalue weighted by molar-refractivity contribution is 0.165. The first-order chi connectivity index (χ1) is 11.6. The molecule has 1 N–H and O–H groups in total. The van der Waals surface area contributed by atoms with Gasteiger partial charge in [-0.2, -0.15) is 0 Å². The number of β-amino-alcohol motifs (C(OH)–C–C–N with tert-alkyl or cyclic N) is 1. The van der Waals surface area contributed by atoms with Gasteiger partial charge in [-0.3, -0.25) is 4.90 Å². The highest BCUT2D eigenvalue weighted by atomic mass is 19.1. The first-order valence-electron chi connectivity index (χ1n) is 7.86. The zero-order valence-electron chi connectivity index (χ0n) is 12.9. The van der Waals surface area contributed by atoms with Gasteiger partial charge in [0, 0.05) is 30.3 Å². The lowest BCUT2D eigenvalue weighted by Gasteiger charge is -2.25. The maximum atomic E-state index is 14.2. The predicted molar refractivity (Wildman–Crippen MR) is 82.7 cm³/mol. The van der Waals surface area contributed by atoms with Crippen molar-refractivity contribution in [2.75, 3.05) is 13.3 Å². The number of para-hydroxylation sites is 1. The number of likely N-dealkylation sites (tertiary alicyclic amines) is 1. The minimum atomic E-state index is -0.577. The zero-order chi connectivity index (χ0) is 16.7. The molecule has 2 aliphatic heterocycles. The fourth-order valence-electron chi connectivity index (χ4n) is 3.48. The zero-order valence-corrected chi connectivity index (χ0v) is 12.9. The maximum absolute atomic E-state index is 14.2. The van der Waals surface area contributed by atoms with Gasteiger partial charge in [0.25, 0.3) is 0 Å². The number of hydrogen-bond donors (Lipinski definition) is 1. The molecule has 2 aromatic carbocycles. The Morgan fingerprint density at radius 1 is 1.17 bits per heavy atom. The summed E-state index contributed by atoms with van der Waals surface area (Å²) in [5.41, 5.74) is 1.18. The van der Waals surface area contributed by atoms with E-state index in [1.54, 1.807) is 0 Å². The van der Waals surface area contributed by atoms with Crippen LogP contribution in [0.5, 0.6) is 11.5 Å². The molecule has 0 radical (unpaired) electrons. The molecule has 2 atom stereocenters. The van der Waals surface area contributed by atoms with Crippen LogP contribution < -0.4 is 9.47 Å². The molecule has 126 valence electrons. The third kappa shape index (κ3) is 2.72. The van der Waals surface area contributed by atoms with E-state index in [4.69, 9.17) is 9.47 Å². The Morgan fingerprint density at radius 2 is 2.04 bits per heavy atom. The highest BCUT2D eigenvalue weighted by Gasteiger charge is 2.34. The van der Waals surface area contributed by atoms with E-state index in [1.807, 2.05) is 23.1 Å². The van der Waals surface area contributed by atoms with Crippen molar-refractivity contribution in [1.82, 2.24) is 4.90 Å². The second-order valence-corrected chi connectivity index (χ2v) is 6.15. The molecule has 1 saturated heterocycles. The number of rotatable bonds is 3. The molecular formula is C18H17F2NO3. The molecule has 0 amide bonds. The highest BCUT2D eigenvalue weighted by molar-refractivity contribution is 5.48. The van der Waals surface area contributed by atoms with Gasteiger partial charge in [0.05, 0.1) is 6.10 Å². The Labute approximate surface area is 138 Å². The van der Waals surface area contributed by atoms with Crippen molar-refractivity contribution in [2.45, 2.75) is 25.1 Å². The standard InChI is InChI=1S/C18H17F2NO3/c19-12-4-5-15(20)14(6-12)16-7-13(22)9-21(16)8-11-2-1-3-17-18(11)24-10-23-17/h1-6,13,16,22H,7-10H2. The summed E-state index contributed by atoms with van der Waals surface area (Å²) in [6.45, 7) is 1.03. The van der Waals surface area contributed by atoms with Crippen molar-refractivity contribution in [3.05, 3.63) is 59.2 Å². The molecule has 0 saturated carbocycles. The van der Waals surface area contributed by atoms with E-state index in [0.29, 0.717) is 31.0 Å². The summed E-state index contributed by atoms with van der Waals surface area (Å²) >= 11 is 0. The lowest BCUT2D eigenvalue weighted by atomic mass is 10.0. The Morgan fingerprint density at radius 3 is 2.92 bits per heavy atom. The normalized spacial score (nSPS) is 23.0. The van der Waals surface area contributed by atoms with Gasteiger partial charge in [0.15, 0.2) is 11.5 Å². The highest BCUT2D eigenvalue weighted by Crippen LogP contribution is 2.40. The second kappa shape index (κ2) is 6.03. The minimum Gasteiger partial charge on any atom is -0.454 e. The van der Waals surface area contributed by atoms with Gasteiger partial charge in [-0.1, -0.05) is 12.1 Å². The van der Waals surface area contributed by atoms with Crippen LogP contribution in [0.1, 0.15) is 23.6 Å². The molecule has 2 unspecified atom stereocenters. The number of aliphatic hydroxyl groups is 1. The van der Waals surface area contributed by atoms with Crippen LogP contribution in [0.4, 0.5) is 8.78 Å². The van der Waals surface area contributed by atoms with E-state index in [0.717, 1.165) is 17.7 Å². The van der Waals surface area contributed by atoms with E-state index in [9.17, 15) is 13.9 Å². The van der Waals surface area contributed by atoms with Crippen LogP contribution in [-0.4, -0.2) is 29.4 Å². The molecule has 0 aromatic heterocycles. The largest absolute Gasteiger partial charge is 0.454 e. The van der Waals surface area contributed by atoms with Gasteiger partial charge in [0.1, 0.15) is 11.6 Å². The van der Waals surface area contributed by atoms with Crippen LogP contribution in [0.25, 0.3) is 0 Å². The minimum absolute atomic E-state index is 0.178. The number of ether oxygens (including phenoxy) is 2. The maximum Gasteiger partial charge on any atom is 0.231 e. The summed E-state index contributed by atoms with van der Waals surface area (Å²) in [4.78, 5) is 1.94. The summed E-state index contributed by atoms with van der Waals surface area (Å²) in [6.07, 6.45) is -0.209. The molecule has 2 aromatic rings. The SMILES string of the molecule is OC1CC(c2cc(F)ccc2F)N(Cc2cccc3c2OCO3)C1. The molecule has 2 heterocycles. The van der Waals surface area contributed by atoms with E-state index >= 15 is 0 Å². The predicted octanol–water partition coefficient (Wildman–Crippen LogP) is 3.00.